The smallest absolute Gasteiger partial charge is 0.0918 e. The Balaban J connectivity index is 3.37. The van der Waals surface area contributed by atoms with Crippen molar-refractivity contribution in [2.45, 2.75) is 60.8 Å². The van der Waals surface area contributed by atoms with Crippen LogP contribution in [-0.4, -0.2) is 6.01 Å². The van der Waals surface area contributed by atoms with E-state index in [0.717, 1.165) is 24.9 Å². The van der Waals surface area contributed by atoms with Crippen LogP contribution in [0.25, 0.3) is 0 Å². The first-order valence-corrected chi connectivity index (χ1v) is 8.10. The Hall–Kier alpha value is -1.40. The zero-order valence-corrected chi connectivity index (χ0v) is 14.5. The van der Waals surface area contributed by atoms with Crippen LogP contribution in [0.2, 0.25) is 0 Å². The van der Waals surface area contributed by atoms with Crippen LogP contribution < -0.4 is 0 Å². The van der Waals surface area contributed by atoms with E-state index in [9.17, 15) is 0 Å². The highest BCUT2D eigenvalue weighted by atomic mass is 14.7. The summed E-state index contributed by atoms with van der Waals surface area (Å²) in [4.78, 5) is 4.25. The summed E-state index contributed by atoms with van der Waals surface area (Å²) in [6.07, 6.45) is 3.12. The lowest BCUT2D eigenvalue weighted by atomic mass is 9.90. The van der Waals surface area contributed by atoms with Crippen LogP contribution in [-0.2, 0) is 19.3 Å². The molecule has 0 aliphatic rings. The molecule has 0 aliphatic carbocycles. The molecule has 21 heavy (non-hydrogen) atoms. The molecule has 1 aromatic rings. The highest BCUT2D eigenvalue weighted by Crippen LogP contribution is 2.31. The summed E-state index contributed by atoms with van der Waals surface area (Å²) in [6, 6.07) is 6.83. The molecule has 2 nitrogen and oxygen atoms in total. The van der Waals surface area contributed by atoms with Crippen LogP contribution in [0.15, 0.2) is 17.1 Å². The molecule has 0 spiro atoms. The first kappa shape index (κ1) is 17.7. The molecule has 0 saturated heterocycles. The molecule has 0 radical (unpaired) electrons. The monoisotopic (exact) mass is 286 g/mol. The van der Waals surface area contributed by atoms with Gasteiger partial charge in [-0.3, -0.25) is 0 Å². The summed E-state index contributed by atoms with van der Waals surface area (Å²) < 4.78 is 0. The van der Waals surface area contributed by atoms with E-state index in [1.807, 2.05) is 0 Å². The molecule has 1 rings (SSSR count). The maximum Gasteiger partial charge on any atom is 0.0918 e. The summed E-state index contributed by atoms with van der Waals surface area (Å²) in [7, 11) is 0. The minimum atomic E-state index is 0.589. The highest BCUT2D eigenvalue weighted by molar-refractivity contribution is 5.61. The Morgan fingerprint density at radius 3 is 1.62 bits per heavy atom. The Kier molecular flexibility index (Phi) is 6.84. The van der Waals surface area contributed by atoms with Gasteiger partial charge in [0.05, 0.1) is 11.7 Å². The molecule has 0 aliphatic heterocycles. The molecule has 0 amide bonds. The summed E-state index contributed by atoms with van der Waals surface area (Å²) in [5.74, 6) is 1.83. The predicted molar refractivity (Wildman–Crippen MR) is 91.9 cm³/mol. The number of rotatable bonds is 7. The number of nitrogens with one attached hydrogen (secondary N) is 1. The molecule has 0 aromatic heterocycles. The van der Waals surface area contributed by atoms with E-state index in [1.165, 1.54) is 16.7 Å². The molecule has 0 heterocycles. The first-order chi connectivity index (χ1) is 9.83. The molecule has 0 saturated carbocycles. The van der Waals surface area contributed by atoms with E-state index in [-0.39, 0.29) is 0 Å². The molecule has 0 bridgehead atoms. The van der Waals surface area contributed by atoms with Crippen molar-refractivity contribution in [1.29, 1.82) is 5.41 Å². The Bertz CT molecular complexity index is 475. The van der Waals surface area contributed by atoms with Gasteiger partial charge in [-0.2, -0.15) is 4.99 Å². The first-order valence-electron chi connectivity index (χ1n) is 8.10. The molecule has 1 aromatic carbocycles. The molecule has 0 atom stereocenters. The van der Waals surface area contributed by atoms with Gasteiger partial charge in [0.15, 0.2) is 0 Å². The lowest BCUT2D eigenvalue weighted by Gasteiger charge is -2.17. The number of aliphatic imine (C=N–C) groups is 1. The second-order valence-electron chi connectivity index (χ2n) is 7.28. The van der Waals surface area contributed by atoms with Crippen molar-refractivity contribution >= 4 is 11.7 Å². The van der Waals surface area contributed by atoms with Crippen LogP contribution in [0.3, 0.4) is 0 Å². The van der Waals surface area contributed by atoms with E-state index < -0.39 is 0 Å². The molecule has 2 heteroatoms. The molecular weight excluding hydrogens is 256 g/mol. The Morgan fingerprint density at radius 1 is 0.857 bits per heavy atom. The van der Waals surface area contributed by atoms with E-state index in [1.54, 1.807) is 0 Å². The zero-order valence-electron chi connectivity index (χ0n) is 14.5. The SMILES string of the molecule is CC(C)Cc1cc(CC(C)C)c(N=C=N)c(CC(C)C)c1. The summed E-state index contributed by atoms with van der Waals surface area (Å²) >= 11 is 0. The van der Waals surface area contributed by atoms with Crippen LogP contribution in [0, 0.1) is 23.2 Å². The Morgan fingerprint density at radius 2 is 1.29 bits per heavy atom. The quantitative estimate of drug-likeness (QED) is 0.627. The second kappa shape index (κ2) is 8.14. The molecule has 116 valence electrons. The largest absolute Gasteiger partial charge is 0.241 e. The van der Waals surface area contributed by atoms with Crippen molar-refractivity contribution in [2.75, 3.05) is 0 Å². The van der Waals surface area contributed by atoms with E-state index in [0.29, 0.717) is 17.8 Å². The fourth-order valence-electron chi connectivity index (χ4n) is 2.81. The second-order valence-corrected chi connectivity index (χ2v) is 7.28. The normalized spacial score (nSPS) is 11.3. The fraction of sp³-hybridized carbons (Fsp3) is 0.632. The number of benzene rings is 1. The van der Waals surface area contributed by atoms with Crippen molar-refractivity contribution in [3.63, 3.8) is 0 Å². The van der Waals surface area contributed by atoms with Crippen molar-refractivity contribution in [2.24, 2.45) is 22.7 Å². The van der Waals surface area contributed by atoms with Gasteiger partial charge < -0.3 is 0 Å². The predicted octanol–water partition coefficient (Wildman–Crippen LogP) is 5.67. The average Bonchev–Trinajstić information content (AvgIpc) is 2.31. The van der Waals surface area contributed by atoms with Gasteiger partial charge in [-0.15, -0.1) is 0 Å². The molecular formula is C19H30N2. The maximum atomic E-state index is 7.25. The van der Waals surface area contributed by atoms with E-state index in [2.05, 4.69) is 64.7 Å². The minimum absolute atomic E-state index is 0.589. The van der Waals surface area contributed by atoms with Gasteiger partial charge in [-0.25, -0.2) is 5.41 Å². The van der Waals surface area contributed by atoms with Crippen molar-refractivity contribution < 1.29 is 0 Å². The van der Waals surface area contributed by atoms with E-state index >= 15 is 0 Å². The van der Waals surface area contributed by atoms with Gasteiger partial charge >= 0.3 is 0 Å². The Labute approximate surface area is 130 Å². The number of nitrogens with zero attached hydrogens (tertiary/aromatic N) is 1. The van der Waals surface area contributed by atoms with Gasteiger partial charge in [-0.1, -0.05) is 53.7 Å². The summed E-state index contributed by atoms with van der Waals surface area (Å²) in [5.41, 5.74) is 4.94. The van der Waals surface area contributed by atoms with Crippen molar-refractivity contribution in [1.82, 2.24) is 0 Å². The third kappa shape index (κ3) is 5.85. The fourth-order valence-corrected chi connectivity index (χ4v) is 2.81. The number of hydrogen-bond donors (Lipinski definition) is 1. The van der Waals surface area contributed by atoms with Crippen molar-refractivity contribution in [3.05, 3.63) is 28.8 Å². The van der Waals surface area contributed by atoms with E-state index in [4.69, 9.17) is 5.41 Å². The third-order valence-corrected chi connectivity index (χ3v) is 3.40. The molecule has 0 fully saturated rings. The van der Waals surface area contributed by atoms with Crippen LogP contribution in [0.1, 0.15) is 58.2 Å². The average molecular weight is 286 g/mol. The van der Waals surface area contributed by atoms with Crippen LogP contribution >= 0.6 is 0 Å². The molecule has 1 N–H and O–H groups in total. The van der Waals surface area contributed by atoms with Gasteiger partial charge in [0.2, 0.25) is 0 Å². The maximum absolute atomic E-state index is 7.25. The topological polar surface area (TPSA) is 36.2 Å². The summed E-state index contributed by atoms with van der Waals surface area (Å²) in [6.45, 7) is 13.4. The van der Waals surface area contributed by atoms with Crippen LogP contribution in [0.4, 0.5) is 5.69 Å². The standard InChI is InChI=1S/C19H30N2/c1-13(2)7-16-10-17(8-14(3)4)19(21-12-20)18(11-16)9-15(5)6/h10-11,13-15,20H,7-9H2,1-6H3. The van der Waals surface area contributed by atoms with Crippen LogP contribution in [0.5, 0.6) is 0 Å². The van der Waals surface area contributed by atoms with Crippen molar-refractivity contribution in [3.8, 4) is 0 Å². The third-order valence-electron chi connectivity index (χ3n) is 3.40. The minimum Gasteiger partial charge on any atom is -0.241 e. The highest BCUT2D eigenvalue weighted by Gasteiger charge is 2.13. The van der Waals surface area contributed by atoms with Gasteiger partial charge in [0, 0.05) is 0 Å². The van der Waals surface area contributed by atoms with Gasteiger partial charge in [0.25, 0.3) is 0 Å². The summed E-state index contributed by atoms with van der Waals surface area (Å²) in [5, 5.41) is 7.25. The molecule has 0 unspecified atom stereocenters. The lowest BCUT2D eigenvalue weighted by molar-refractivity contribution is 0.626. The van der Waals surface area contributed by atoms with Gasteiger partial charge in [0.1, 0.15) is 0 Å². The zero-order chi connectivity index (χ0) is 16.0. The number of hydrogen-bond acceptors (Lipinski definition) is 2. The van der Waals surface area contributed by atoms with Gasteiger partial charge in [-0.05, 0) is 53.7 Å². The lowest BCUT2D eigenvalue weighted by Crippen LogP contribution is -2.04.